The molecule has 2 heteroatoms. The molecule has 1 aromatic rings. The molecule has 0 amide bonds. The van der Waals surface area contributed by atoms with Gasteiger partial charge < -0.3 is 5.11 Å². The van der Waals surface area contributed by atoms with E-state index in [2.05, 4.69) is 15.9 Å². The first kappa shape index (κ1) is 2.40. The monoisotopic (exact) mass is 176 g/mol. The van der Waals surface area contributed by atoms with Crippen LogP contribution in [0.3, 0.4) is 0 Å². The van der Waals surface area contributed by atoms with Crippen LogP contribution in [0.4, 0.5) is 0 Å². The van der Waals surface area contributed by atoms with Crippen molar-refractivity contribution in [2.24, 2.45) is 0 Å². The lowest BCUT2D eigenvalue weighted by atomic mass is 10.3. The summed E-state index contributed by atoms with van der Waals surface area (Å²) < 4.78 is 28.7. The van der Waals surface area contributed by atoms with Crippen LogP contribution in [0.1, 0.15) is 5.48 Å². The van der Waals surface area contributed by atoms with Crippen molar-refractivity contribution in [3.63, 3.8) is 0 Å². The van der Waals surface area contributed by atoms with Crippen LogP contribution < -0.4 is 0 Å². The summed E-state index contributed by atoms with van der Waals surface area (Å²) in [7, 11) is 0. The molecule has 0 aliphatic heterocycles. The first-order valence-corrected chi connectivity index (χ1v) is 2.71. The molecule has 0 aliphatic rings. The lowest BCUT2D eigenvalue weighted by Crippen LogP contribution is -1.63. The van der Waals surface area contributed by atoms with Crippen molar-refractivity contribution in [3.05, 3.63) is 28.6 Å². The average molecular weight is 177 g/mol. The van der Waals surface area contributed by atoms with Gasteiger partial charge in [-0.3, -0.25) is 0 Å². The molecule has 8 heavy (non-hydrogen) atoms. The fourth-order valence-electron chi connectivity index (χ4n) is 0.291. The highest BCUT2D eigenvalue weighted by Gasteiger charge is 1.89. The van der Waals surface area contributed by atoms with Gasteiger partial charge in [-0.05, 0) is 28.0 Å². The highest BCUT2D eigenvalue weighted by Crippen LogP contribution is 2.21. The molecular weight excluding hydrogens is 168 g/mol. The average Bonchev–Trinajstić information content (AvgIpc) is 2.08. The molecule has 0 unspecified atom stereocenters. The smallest absolute Gasteiger partial charge is 0.129 e. The maximum atomic E-state index is 9.13. The lowest BCUT2D eigenvalue weighted by Gasteiger charge is -1.90. The summed E-state index contributed by atoms with van der Waals surface area (Å²) in [6.07, 6.45) is 0. The minimum atomic E-state index is -0.457. The van der Waals surface area contributed by atoms with Crippen LogP contribution in [0.5, 0.6) is 5.75 Å². The number of aromatic hydroxyl groups is 1. The summed E-state index contributed by atoms with van der Waals surface area (Å²) in [5.41, 5.74) is 0. The van der Waals surface area contributed by atoms with Gasteiger partial charge in [0, 0.05) is 0 Å². The van der Waals surface area contributed by atoms with Gasteiger partial charge in [-0.2, -0.15) is 0 Å². The van der Waals surface area contributed by atoms with E-state index in [9.17, 15) is 0 Å². The number of para-hydroxylation sites is 1. The van der Waals surface area contributed by atoms with Crippen molar-refractivity contribution in [2.45, 2.75) is 0 Å². The summed E-state index contributed by atoms with van der Waals surface area (Å²) >= 11 is 2.85. The molecule has 0 spiro atoms. The molecule has 1 N–H and O–H groups in total. The SMILES string of the molecule is [2H]c1c([2H])c([2H])c(Br)c(O)c1[2H]. The maximum absolute atomic E-state index is 9.13. The van der Waals surface area contributed by atoms with Crippen LogP contribution in [-0.2, 0) is 0 Å². The Morgan fingerprint density at radius 2 is 2.12 bits per heavy atom. The third-order valence-electron chi connectivity index (χ3n) is 0.624. The van der Waals surface area contributed by atoms with Gasteiger partial charge in [0.1, 0.15) is 5.75 Å². The zero-order valence-electron chi connectivity index (χ0n) is 7.83. The molecule has 0 saturated heterocycles. The largest absolute Gasteiger partial charge is 0.507 e. The topological polar surface area (TPSA) is 20.2 Å². The van der Waals surface area contributed by atoms with Gasteiger partial charge in [-0.15, -0.1) is 0 Å². The maximum Gasteiger partial charge on any atom is 0.129 e. The molecule has 0 radical (unpaired) electrons. The normalized spacial score (nSPS) is 16.1. The van der Waals surface area contributed by atoms with Crippen molar-refractivity contribution in [3.8, 4) is 5.75 Å². The van der Waals surface area contributed by atoms with Crippen molar-refractivity contribution in [1.29, 1.82) is 0 Å². The molecule has 0 atom stereocenters. The van der Waals surface area contributed by atoms with Gasteiger partial charge in [-0.25, -0.2) is 0 Å². The van der Waals surface area contributed by atoms with Gasteiger partial charge in [0.2, 0.25) is 0 Å². The van der Waals surface area contributed by atoms with E-state index in [4.69, 9.17) is 10.6 Å². The van der Waals surface area contributed by atoms with E-state index in [0.29, 0.717) is 0 Å². The Balaban J connectivity index is 3.60. The predicted molar refractivity (Wildman–Crippen MR) is 35.8 cm³/mol. The highest BCUT2D eigenvalue weighted by molar-refractivity contribution is 9.10. The van der Waals surface area contributed by atoms with Crippen LogP contribution in [0.2, 0.25) is 0 Å². The minimum absolute atomic E-state index is 0.00602. The third kappa shape index (κ3) is 1.01. The minimum Gasteiger partial charge on any atom is -0.507 e. The molecule has 0 bridgehead atoms. The Hall–Kier alpha value is -0.500. The van der Waals surface area contributed by atoms with E-state index in [1.165, 1.54) is 0 Å². The van der Waals surface area contributed by atoms with Gasteiger partial charge in [0.15, 0.2) is 0 Å². The number of rotatable bonds is 0. The van der Waals surface area contributed by atoms with Gasteiger partial charge in [0.25, 0.3) is 0 Å². The van der Waals surface area contributed by atoms with Crippen LogP contribution >= 0.6 is 15.9 Å². The molecule has 1 nitrogen and oxygen atoms in total. The first-order valence-electron chi connectivity index (χ1n) is 3.91. The number of hydrogen-bond acceptors (Lipinski definition) is 1. The molecule has 42 valence electrons. The second kappa shape index (κ2) is 2.18. The van der Waals surface area contributed by atoms with Gasteiger partial charge in [-0.1, -0.05) is 12.1 Å². The third-order valence-corrected chi connectivity index (χ3v) is 1.20. The van der Waals surface area contributed by atoms with Crippen LogP contribution in [0.15, 0.2) is 28.6 Å². The quantitative estimate of drug-likeness (QED) is 0.643. The number of phenols is 1. The Morgan fingerprint density at radius 1 is 1.50 bits per heavy atom. The standard InChI is InChI=1S/C6H5BrO/c7-5-3-1-2-4-6(5)8/h1-4,8H/i1D,2D,3D,4D. The fourth-order valence-corrected chi connectivity index (χ4v) is 0.489. The van der Waals surface area contributed by atoms with E-state index in [-0.39, 0.29) is 16.6 Å². The number of phenolic OH excluding ortho intramolecular Hbond substituents is 1. The zero-order valence-corrected chi connectivity index (χ0v) is 5.41. The second-order valence-electron chi connectivity index (χ2n) is 1.16. The van der Waals surface area contributed by atoms with Crippen molar-refractivity contribution in [2.75, 3.05) is 0 Å². The van der Waals surface area contributed by atoms with E-state index in [0.717, 1.165) is 0 Å². The van der Waals surface area contributed by atoms with Crippen LogP contribution in [-0.4, -0.2) is 5.11 Å². The molecule has 0 heterocycles. The Bertz CT molecular complexity index is 234. The fraction of sp³-hybridized carbons (Fsp3) is 0. The number of hydrogen-bond donors (Lipinski definition) is 1. The summed E-state index contributed by atoms with van der Waals surface area (Å²) in [5.74, 6) is -0.457. The first-order chi connectivity index (χ1) is 5.46. The number of benzene rings is 1. The Labute approximate surface area is 61.7 Å². The van der Waals surface area contributed by atoms with E-state index in [1.54, 1.807) is 0 Å². The summed E-state index contributed by atoms with van der Waals surface area (Å²) in [6.45, 7) is 0. The van der Waals surface area contributed by atoms with Gasteiger partial charge in [0.05, 0.1) is 9.96 Å². The summed E-state index contributed by atoms with van der Waals surface area (Å²) in [5, 5.41) is 9.13. The van der Waals surface area contributed by atoms with E-state index < -0.39 is 17.8 Å². The van der Waals surface area contributed by atoms with E-state index >= 15 is 0 Å². The summed E-state index contributed by atoms with van der Waals surface area (Å²) in [6, 6.07) is -1.48. The molecule has 1 rings (SSSR count). The highest BCUT2D eigenvalue weighted by atomic mass is 79.9. The zero-order chi connectivity index (χ0) is 9.46. The molecule has 0 aromatic heterocycles. The molecule has 0 aliphatic carbocycles. The van der Waals surface area contributed by atoms with Crippen molar-refractivity contribution >= 4 is 15.9 Å². The van der Waals surface area contributed by atoms with E-state index in [1.807, 2.05) is 0 Å². The van der Waals surface area contributed by atoms with Crippen molar-refractivity contribution < 1.29 is 10.6 Å². The Kier molecular flexibility index (Phi) is 0.653. The molecule has 0 fully saturated rings. The van der Waals surface area contributed by atoms with Crippen LogP contribution in [0, 0.1) is 0 Å². The molecule has 0 saturated carbocycles. The summed E-state index contributed by atoms with van der Waals surface area (Å²) in [4.78, 5) is 0. The lowest BCUT2D eigenvalue weighted by molar-refractivity contribution is 0.472. The van der Waals surface area contributed by atoms with Gasteiger partial charge >= 0.3 is 0 Å². The van der Waals surface area contributed by atoms with Crippen LogP contribution in [0.25, 0.3) is 0 Å². The predicted octanol–water partition coefficient (Wildman–Crippen LogP) is 2.15. The second-order valence-corrected chi connectivity index (χ2v) is 1.96. The number of halogens is 1. The van der Waals surface area contributed by atoms with Crippen molar-refractivity contribution in [1.82, 2.24) is 0 Å². The Morgan fingerprint density at radius 3 is 2.88 bits per heavy atom. The molecular formula is C6H5BrO. The molecule has 1 aromatic carbocycles.